The number of nitrogens with zero attached hydrogens (tertiary/aromatic N) is 1. The average Bonchev–Trinajstić information content (AvgIpc) is 2.58. The highest BCUT2D eigenvalue weighted by molar-refractivity contribution is 5.82. The summed E-state index contributed by atoms with van der Waals surface area (Å²) in [6, 6.07) is 7.17. The van der Waals surface area contributed by atoms with E-state index in [1.807, 2.05) is 37.3 Å². The van der Waals surface area contributed by atoms with Gasteiger partial charge in [0.1, 0.15) is 0 Å². The summed E-state index contributed by atoms with van der Waals surface area (Å²) in [4.78, 5) is 37.0. The van der Waals surface area contributed by atoms with Crippen molar-refractivity contribution >= 4 is 23.9 Å². The van der Waals surface area contributed by atoms with E-state index in [0.29, 0.717) is 6.54 Å². The summed E-state index contributed by atoms with van der Waals surface area (Å²) in [6.45, 7) is 3.64. The van der Waals surface area contributed by atoms with Crippen LogP contribution in [0.25, 0.3) is 6.08 Å². The molecule has 1 heterocycles. The first-order valence-electron chi connectivity index (χ1n) is 8.01. The molecule has 2 amide bonds. The lowest BCUT2D eigenvalue weighted by molar-refractivity contribution is -0.150. The Hall–Kier alpha value is -2.63. The first-order valence-corrected chi connectivity index (χ1v) is 8.01. The summed E-state index contributed by atoms with van der Waals surface area (Å²) < 4.78 is 5.03. The molecule has 0 saturated heterocycles. The van der Waals surface area contributed by atoms with Gasteiger partial charge in [0.25, 0.3) is 5.91 Å². The second-order valence-electron chi connectivity index (χ2n) is 5.60. The van der Waals surface area contributed by atoms with Crippen molar-refractivity contribution in [1.29, 1.82) is 0 Å². The van der Waals surface area contributed by atoms with Gasteiger partial charge in [-0.25, -0.2) is 0 Å². The van der Waals surface area contributed by atoms with Crippen molar-refractivity contribution in [1.82, 2.24) is 10.2 Å². The van der Waals surface area contributed by atoms with Crippen LogP contribution in [0.5, 0.6) is 0 Å². The van der Waals surface area contributed by atoms with Crippen molar-refractivity contribution in [2.45, 2.75) is 32.7 Å². The van der Waals surface area contributed by atoms with Gasteiger partial charge in [0, 0.05) is 19.7 Å². The molecule has 1 aliphatic heterocycles. The Morgan fingerprint density at radius 1 is 1.25 bits per heavy atom. The number of amides is 2. The molecule has 24 heavy (non-hydrogen) atoms. The van der Waals surface area contributed by atoms with Gasteiger partial charge in [-0.1, -0.05) is 31.2 Å². The third kappa shape index (κ3) is 4.44. The lowest BCUT2D eigenvalue weighted by Crippen LogP contribution is -2.33. The molecular formula is C18H22N2O4. The molecule has 0 saturated carbocycles. The number of ether oxygens (including phenoxy) is 1. The third-order valence-corrected chi connectivity index (χ3v) is 3.77. The van der Waals surface area contributed by atoms with Gasteiger partial charge in [-0.05, 0) is 23.6 Å². The van der Waals surface area contributed by atoms with Crippen molar-refractivity contribution in [2.75, 3.05) is 13.2 Å². The fourth-order valence-corrected chi connectivity index (χ4v) is 2.59. The maximum atomic E-state index is 12.1. The summed E-state index contributed by atoms with van der Waals surface area (Å²) in [5, 5.41) is 2.64. The number of nitrogens with one attached hydrogen (secondary N) is 1. The van der Waals surface area contributed by atoms with Crippen LogP contribution in [0.15, 0.2) is 30.5 Å². The van der Waals surface area contributed by atoms with Gasteiger partial charge in [0.2, 0.25) is 5.91 Å². The number of carbonyl (C=O) groups is 3. The number of esters is 1. The van der Waals surface area contributed by atoms with Crippen molar-refractivity contribution in [3.63, 3.8) is 0 Å². The van der Waals surface area contributed by atoms with Crippen LogP contribution >= 0.6 is 0 Å². The highest BCUT2D eigenvalue weighted by Crippen LogP contribution is 2.32. The predicted octanol–water partition coefficient (Wildman–Crippen LogP) is 2.02. The second kappa shape index (κ2) is 8.29. The molecule has 1 aromatic carbocycles. The van der Waals surface area contributed by atoms with E-state index in [0.717, 1.165) is 17.5 Å². The monoisotopic (exact) mass is 330 g/mol. The van der Waals surface area contributed by atoms with E-state index in [4.69, 9.17) is 4.74 Å². The Kier molecular flexibility index (Phi) is 6.12. The van der Waals surface area contributed by atoms with Gasteiger partial charge < -0.3 is 15.0 Å². The SMILES string of the molecule is CCCNC(=O)COC(=O)C[C@@H]1c2ccccc2C=CN1C(C)=O. The van der Waals surface area contributed by atoms with Crippen LogP contribution in [0.3, 0.4) is 0 Å². The standard InChI is InChI=1S/C18H22N2O4/c1-3-9-19-17(22)12-24-18(23)11-16-15-7-5-4-6-14(15)8-10-20(16)13(2)21/h4-8,10,16H,3,9,11-12H2,1-2H3,(H,19,22)/t16-/m1/s1. The topological polar surface area (TPSA) is 75.7 Å². The fraction of sp³-hybridized carbons (Fsp3) is 0.389. The van der Waals surface area contributed by atoms with Gasteiger partial charge in [-0.3, -0.25) is 14.4 Å². The molecule has 1 aromatic rings. The van der Waals surface area contributed by atoms with Crippen molar-refractivity contribution < 1.29 is 19.1 Å². The highest BCUT2D eigenvalue weighted by Gasteiger charge is 2.28. The minimum absolute atomic E-state index is 0.00198. The fourth-order valence-electron chi connectivity index (χ4n) is 2.59. The molecule has 0 bridgehead atoms. The molecule has 0 fully saturated rings. The first kappa shape index (κ1) is 17.7. The maximum Gasteiger partial charge on any atom is 0.308 e. The average molecular weight is 330 g/mol. The van der Waals surface area contributed by atoms with Crippen LogP contribution in [0.1, 0.15) is 43.9 Å². The molecule has 0 unspecified atom stereocenters. The first-order chi connectivity index (χ1) is 11.5. The van der Waals surface area contributed by atoms with Crippen LogP contribution in [0.2, 0.25) is 0 Å². The van der Waals surface area contributed by atoms with Crippen molar-refractivity contribution in [2.24, 2.45) is 0 Å². The molecule has 0 radical (unpaired) electrons. The zero-order valence-electron chi connectivity index (χ0n) is 14.0. The maximum absolute atomic E-state index is 12.1. The van der Waals surface area contributed by atoms with E-state index < -0.39 is 12.0 Å². The van der Waals surface area contributed by atoms with Crippen molar-refractivity contribution in [3.05, 3.63) is 41.6 Å². The molecule has 0 spiro atoms. The largest absolute Gasteiger partial charge is 0.456 e. The van der Waals surface area contributed by atoms with E-state index in [9.17, 15) is 14.4 Å². The van der Waals surface area contributed by atoms with E-state index in [1.54, 1.807) is 6.20 Å². The summed E-state index contributed by atoms with van der Waals surface area (Å²) >= 11 is 0. The molecule has 1 N–H and O–H groups in total. The Labute approximate surface area is 141 Å². The molecule has 1 atom stereocenters. The number of rotatable bonds is 6. The van der Waals surface area contributed by atoms with E-state index >= 15 is 0 Å². The lowest BCUT2D eigenvalue weighted by atomic mass is 9.94. The van der Waals surface area contributed by atoms with Crippen LogP contribution in [-0.2, 0) is 19.1 Å². The van der Waals surface area contributed by atoms with Crippen LogP contribution in [0, 0.1) is 0 Å². The molecule has 6 heteroatoms. The quantitative estimate of drug-likeness (QED) is 0.810. The van der Waals surface area contributed by atoms with Crippen LogP contribution in [-0.4, -0.2) is 35.8 Å². The smallest absolute Gasteiger partial charge is 0.308 e. The normalized spacial score (nSPS) is 15.6. The van der Waals surface area contributed by atoms with Crippen LogP contribution in [0.4, 0.5) is 0 Å². The van der Waals surface area contributed by atoms with Gasteiger partial charge >= 0.3 is 5.97 Å². The Morgan fingerprint density at radius 3 is 2.71 bits per heavy atom. The van der Waals surface area contributed by atoms with Gasteiger partial charge in [-0.15, -0.1) is 0 Å². The molecular weight excluding hydrogens is 308 g/mol. The molecule has 0 aliphatic carbocycles. The number of benzene rings is 1. The molecule has 0 aromatic heterocycles. The van der Waals surface area contributed by atoms with Gasteiger partial charge in [-0.2, -0.15) is 0 Å². The molecule has 6 nitrogen and oxygen atoms in total. The number of carbonyl (C=O) groups excluding carboxylic acids is 3. The summed E-state index contributed by atoms with van der Waals surface area (Å²) in [6.07, 6.45) is 4.34. The minimum atomic E-state index is -0.511. The zero-order chi connectivity index (χ0) is 17.5. The summed E-state index contributed by atoms with van der Waals surface area (Å²) in [5.41, 5.74) is 1.86. The number of hydrogen-bond acceptors (Lipinski definition) is 4. The Morgan fingerprint density at radius 2 is 2.00 bits per heavy atom. The second-order valence-corrected chi connectivity index (χ2v) is 5.60. The third-order valence-electron chi connectivity index (χ3n) is 3.77. The molecule has 128 valence electrons. The predicted molar refractivity (Wildman–Crippen MR) is 89.6 cm³/mol. The minimum Gasteiger partial charge on any atom is -0.456 e. The number of fused-ring (bicyclic) bond motifs is 1. The molecule has 2 rings (SSSR count). The molecule has 1 aliphatic rings. The zero-order valence-corrected chi connectivity index (χ0v) is 14.0. The van der Waals surface area contributed by atoms with Gasteiger partial charge in [0.15, 0.2) is 6.61 Å². The van der Waals surface area contributed by atoms with E-state index in [-0.39, 0.29) is 24.8 Å². The summed E-state index contributed by atoms with van der Waals surface area (Å²) in [5.74, 6) is -0.986. The van der Waals surface area contributed by atoms with Crippen LogP contribution < -0.4 is 5.32 Å². The van der Waals surface area contributed by atoms with Gasteiger partial charge in [0.05, 0.1) is 12.5 Å². The van der Waals surface area contributed by atoms with E-state index in [2.05, 4.69) is 5.32 Å². The summed E-state index contributed by atoms with van der Waals surface area (Å²) in [7, 11) is 0. The number of hydrogen-bond donors (Lipinski definition) is 1. The lowest BCUT2D eigenvalue weighted by Gasteiger charge is -2.32. The van der Waals surface area contributed by atoms with E-state index in [1.165, 1.54) is 11.8 Å². The highest BCUT2D eigenvalue weighted by atomic mass is 16.5. The van der Waals surface area contributed by atoms with Crippen molar-refractivity contribution in [3.8, 4) is 0 Å². The Balaban J connectivity index is 2.02. The Bertz CT molecular complexity index is 654.